The molecule has 7 nitrogen and oxygen atoms in total. The summed E-state index contributed by atoms with van der Waals surface area (Å²) in [5.41, 5.74) is 1.43. The molecule has 0 atom stereocenters. The fourth-order valence-electron chi connectivity index (χ4n) is 3.53. The summed E-state index contributed by atoms with van der Waals surface area (Å²) in [6.45, 7) is 4.09. The van der Waals surface area contributed by atoms with Crippen molar-refractivity contribution in [2.24, 2.45) is 0 Å². The number of amides is 2. The number of carbonyl (C=O) groups excluding carboxylic acids is 2. The van der Waals surface area contributed by atoms with Crippen LogP contribution < -0.4 is 10.6 Å². The molecule has 1 aromatic carbocycles. The van der Waals surface area contributed by atoms with Crippen molar-refractivity contribution in [1.82, 2.24) is 15.5 Å². The second-order valence-electron chi connectivity index (χ2n) is 6.97. The van der Waals surface area contributed by atoms with E-state index in [-0.39, 0.29) is 23.4 Å². The predicted molar refractivity (Wildman–Crippen MR) is 117 cm³/mol. The van der Waals surface area contributed by atoms with Crippen molar-refractivity contribution >= 4 is 40.1 Å². The average molecular weight is 423 g/mol. The number of aromatic amines is 1. The first-order chi connectivity index (χ1) is 14.6. The van der Waals surface area contributed by atoms with Crippen LogP contribution in [0.2, 0.25) is 0 Å². The van der Waals surface area contributed by atoms with Crippen molar-refractivity contribution in [1.29, 1.82) is 0 Å². The molecule has 0 saturated carbocycles. The maximum absolute atomic E-state index is 13.0. The highest BCUT2D eigenvalue weighted by molar-refractivity contribution is 7.12. The minimum atomic E-state index is -0.493. The zero-order chi connectivity index (χ0) is 21.1. The Bertz CT molecular complexity index is 1160. The molecule has 3 aromatic heterocycles. The molecule has 4 aromatic rings. The minimum absolute atomic E-state index is 0.160. The van der Waals surface area contributed by atoms with Gasteiger partial charge in [0.05, 0.1) is 10.4 Å². The number of carbonyl (C=O) groups is 2. The van der Waals surface area contributed by atoms with Crippen LogP contribution in [0.1, 0.15) is 52.5 Å². The number of fused-ring (bicyclic) bond motifs is 1. The predicted octanol–water partition coefficient (Wildman–Crippen LogP) is 4.92. The molecule has 0 radical (unpaired) electrons. The van der Waals surface area contributed by atoms with Gasteiger partial charge in [-0.1, -0.05) is 50.2 Å². The van der Waals surface area contributed by atoms with Gasteiger partial charge in [-0.3, -0.25) is 14.7 Å². The molecule has 0 saturated heterocycles. The third-order valence-electron chi connectivity index (χ3n) is 5.32. The first kappa shape index (κ1) is 19.9. The van der Waals surface area contributed by atoms with E-state index in [1.165, 1.54) is 11.3 Å². The molecule has 0 aliphatic heterocycles. The van der Waals surface area contributed by atoms with Crippen molar-refractivity contribution in [2.75, 3.05) is 5.32 Å². The van der Waals surface area contributed by atoms with Crippen LogP contribution >= 0.6 is 11.3 Å². The van der Waals surface area contributed by atoms with Gasteiger partial charge in [-0.25, -0.2) is 0 Å². The van der Waals surface area contributed by atoms with E-state index in [4.69, 9.17) is 4.42 Å². The molecule has 0 spiro atoms. The minimum Gasteiger partial charge on any atom is -0.445 e. The highest BCUT2D eigenvalue weighted by Gasteiger charge is 2.32. The first-order valence-corrected chi connectivity index (χ1v) is 10.6. The Morgan fingerprint density at radius 1 is 1.10 bits per heavy atom. The van der Waals surface area contributed by atoms with Crippen molar-refractivity contribution in [2.45, 2.75) is 32.2 Å². The van der Waals surface area contributed by atoms with Crippen LogP contribution in [0.15, 0.2) is 58.3 Å². The van der Waals surface area contributed by atoms with Crippen LogP contribution in [0.25, 0.3) is 11.1 Å². The molecule has 154 valence electrons. The number of H-pyrrole nitrogens is 1. The lowest BCUT2D eigenvalue weighted by Gasteiger charge is -2.33. The number of anilines is 1. The molecule has 4 rings (SSSR count). The lowest BCUT2D eigenvalue weighted by molar-refractivity contribution is 0.0862. The van der Waals surface area contributed by atoms with Gasteiger partial charge in [-0.15, -0.1) is 11.3 Å². The summed E-state index contributed by atoms with van der Waals surface area (Å²) in [4.78, 5) is 25.9. The number of aromatic nitrogens is 2. The average Bonchev–Trinajstić information content (AvgIpc) is 3.51. The summed E-state index contributed by atoms with van der Waals surface area (Å²) >= 11 is 1.33. The summed E-state index contributed by atoms with van der Waals surface area (Å²) in [5, 5.41) is 14.6. The number of nitrogens with one attached hydrogen (secondary N) is 3. The Labute approximate surface area is 177 Å². The Kier molecular flexibility index (Phi) is 5.41. The van der Waals surface area contributed by atoms with Gasteiger partial charge in [0.2, 0.25) is 0 Å². The van der Waals surface area contributed by atoms with E-state index < -0.39 is 5.54 Å². The van der Waals surface area contributed by atoms with Crippen LogP contribution in [0.4, 0.5) is 5.82 Å². The number of thiophene rings is 1. The van der Waals surface area contributed by atoms with Gasteiger partial charge >= 0.3 is 0 Å². The molecule has 0 aliphatic carbocycles. The molecule has 0 fully saturated rings. The summed E-state index contributed by atoms with van der Waals surface area (Å²) in [7, 11) is 0. The SMILES string of the molecule is CCC(CC)(NC(=O)c1cc2[nH]nc(NC(=O)c3cccs3)c2o1)c1ccccc1. The van der Waals surface area contributed by atoms with Crippen LogP contribution in [-0.4, -0.2) is 22.0 Å². The summed E-state index contributed by atoms with van der Waals surface area (Å²) in [6.07, 6.45) is 1.48. The van der Waals surface area contributed by atoms with Crippen molar-refractivity contribution in [3.05, 3.63) is 70.1 Å². The molecule has 30 heavy (non-hydrogen) atoms. The normalized spacial score (nSPS) is 11.5. The van der Waals surface area contributed by atoms with E-state index in [2.05, 4.69) is 20.8 Å². The quantitative estimate of drug-likeness (QED) is 0.394. The third-order valence-corrected chi connectivity index (χ3v) is 6.19. The number of nitrogens with zero attached hydrogens (tertiary/aromatic N) is 1. The van der Waals surface area contributed by atoms with Crippen LogP contribution in [-0.2, 0) is 5.54 Å². The van der Waals surface area contributed by atoms with Crippen molar-refractivity contribution < 1.29 is 14.0 Å². The zero-order valence-corrected chi connectivity index (χ0v) is 17.5. The van der Waals surface area contributed by atoms with Gasteiger partial charge in [0.15, 0.2) is 17.2 Å². The number of rotatable bonds is 7. The van der Waals surface area contributed by atoms with Gasteiger partial charge in [-0.2, -0.15) is 5.10 Å². The van der Waals surface area contributed by atoms with E-state index in [0.29, 0.717) is 16.0 Å². The molecule has 3 N–H and O–H groups in total. The summed E-state index contributed by atoms with van der Waals surface area (Å²) in [6, 6.07) is 15.0. The molecular weight excluding hydrogens is 400 g/mol. The fourth-order valence-corrected chi connectivity index (χ4v) is 4.15. The van der Waals surface area contributed by atoms with Gasteiger partial charge < -0.3 is 15.1 Å². The molecular formula is C22H22N4O3S. The van der Waals surface area contributed by atoms with Crippen molar-refractivity contribution in [3.63, 3.8) is 0 Å². The van der Waals surface area contributed by atoms with Crippen LogP contribution in [0.5, 0.6) is 0 Å². The lowest BCUT2D eigenvalue weighted by Crippen LogP contribution is -2.45. The highest BCUT2D eigenvalue weighted by Crippen LogP contribution is 2.30. The number of hydrogen-bond acceptors (Lipinski definition) is 5. The second-order valence-corrected chi connectivity index (χ2v) is 7.91. The number of benzene rings is 1. The lowest BCUT2D eigenvalue weighted by atomic mass is 9.84. The van der Waals surface area contributed by atoms with E-state index in [0.717, 1.165) is 18.4 Å². The fraction of sp³-hybridized carbons (Fsp3) is 0.227. The molecule has 0 aliphatic rings. The Hall–Kier alpha value is -3.39. The molecule has 0 bridgehead atoms. The maximum Gasteiger partial charge on any atom is 0.287 e. The second kappa shape index (κ2) is 8.16. The molecule has 8 heteroatoms. The van der Waals surface area contributed by atoms with E-state index >= 15 is 0 Å². The van der Waals surface area contributed by atoms with Gasteiger partial charge in [0.1, 0.15) is 5.52 Å². The van der Waals surface area contributed by atoms with Crippen LogP contribution in [0.3, 0.4) is 0 Å². The third kappa shape index (κ3) is 3.61. The summed E-state index contributed by atoms with van der Waals surface area (Å²) in [5.74, 6) is -0.182. The largest absolute Gasteiger partial charge is 0.445 e. The monoisotopic (exact) mass is 422 g/mol. The zero-order valence-electron chi connectivity index (χ0n) is 16.7. The molecule has 0 unspecified atom stereocenters. The topological polar surface area (TPSA) is 100 Å². The van der Waals surface area contributed by atoms with E-state index in [1.807, 2.05) is 49.6 Å². The summed E-state index contributed by atoms with van der Waals surface area (Å²) < 4.78 is 5.77. The van der Waals surface area contributed by atoms with Gasteiger partial charge in [0.25, 0.3) is 11.8 Å². The Morgan fingerprint density at radius 2 is 1.87 bits per heavy atom. The number of hydrogen-bond donors (Lipinski definition) is 3. The number of furan rings is 1. The standard InChI is InChI=1S/C22H22N4O3S/c1-3-22(4-2,14-9-6-5-7-10-14)24-20(27)16-13-15-18(29-16)19(26-25-15)23-21(28)17-11-8-12-30-17/h5-13H,3-4H2,1-2H3,(H,24,27)(H2,23,25,26,28). The Morgan fingerprint density at radius 3 is 2.53 bits per heavy atom. The van der Waals surface area contributed by atoms with Gasteiger partial charge in [-0.05, 0) is 29.9 Å². The highest BCUT2D eigenvalue weighted by atomic mass is 32.1. The van der Waals surface area contributed by atoms with E-state index in [9.17, 15) is 9.59 Å². The first-order valence-electron chi connectivity index (χ1n) is 9.77. The smallest absolute Gasteiger partial charge is 0.287 e. The van der Waals surface area contributed by atoms with Crippen molar-refractivity contribution in [3.8, 4) is 0 Å². The molecule has 3 heterocycles. The maximum atomic E-state index is 13.0. The molecule has 2 amide bonds. The Balaban J connectivity index is 1.58. The van der Waals surface area contributed by atoms with Crippen LogP contribution in [0, 0.1) is 0 Å². The van der Waals surface area contributed by atoms with Gasteiger partial charge in [0, 0.05) is 6.07 Å². The van der Waals surface area contributed by atoms with E-state index in [1.54, 1.807) is 18.2 Å².